The molecular weight excluding hydrogens is 400 g/mol. The first-order valence-electron chi connectivity index (χ1n) is 9.17. The first-order valence-corrected chi connectivity index (χ1v) is 9.17. The van der Waals surface area contributed by atoms with Gasteiger partial charge in [-0.1, -0.05) is 0 Å². The van der Waals surface area contributed by atoms with Crippen LogP contribution in [0.4, 0.5) is 0 Å². The van der Waals surface area contributed by atoms with Crippen LogP contribution >= 0.6 is 0 Å². The number of hydrogen-bond acceptors (Lipinski definition) is 13. The standard InChI is InChI=1S/C16H30O13/c1-6(19)2-9(20)26-4-8-10(21)12(23)13(24)15(27-8)29-16(5-18)14(25)11(22)7(3-17)28-16/h6-15,17-25H,2-5H2,1H3/t6?,7-,8-,9?,10-,11-,12+,13-,14+,15-,16+/m1/s1. The van der Waals surface area contributed by atoms with Gasteiger partial charge in [0.05, 0.1) is 19.3 Å². The van der Waals surface area contributed by atoms with E-state index in [-0.39, 0.29) is 6.42 Å². The molecule has 2 aliphatic heterocycles. The van der Waals surface area contributed by atoms with E-state index in [1.807, 2.05) is 0 Å². The maximum absolute atomic E-state index is 10.2. The predicted molar refractivity (Wildman–Crippen MR) is 89.8 cm³/mol. The molecule has 29 heavy (non-hydrogen) atoms. The van der Waals surface area contributed by atoms with Gasteiger partial charge in [-0.05, 0) is 6.92 Å². The Labute approximate surface area is 166 Å². The van der Waals surface area contributed by atoms with Crippen molar-refractivity contribution in [2.75, 3.05) is 19.8 Å². The van der Waals surface area contributed by atoms with Gasteiger partial charge in [0.15, 0.2) is 12.6 Å². The maximum atomic E-state index is 10.2. The molecule has 2 rings (SSSR count). The fourth-order valence-electron chi connectivity index (χ4n) is 3.18. The summed E-state index contributed by atoms with van der Waals surface area (Å²) in [5.74, 6) is -2.28. The summed E-state index contributed by atoms with van der Waals surface area (Å²) in [7, 11) is 0. The summed E-state index contributed by atoms with van der Waals surface area (Å²) in [6.45, 7) is -0.731. The van der Waals surface area contributed by atoms with Crippen LogP contribution in [-0.4, -0.2) is 133 Å². The van der Waals surface area contributed by atoms with Gasteiger partial charge in [-0.2, -0.15) is 0 Å². The van der Waals surface area contributed by atoms with E-state index in [2.05, 4.69) is 0 Å². The average Bonchev–Trinajstić information content (AvgIpc) is 2.92. The highest BCUT2D eigenvalue weighted by atomic mass is 16.8. The lowest BCUT2D eigenvalue weighted by Gasteiger charge is -2.43. The van der Waals surface area contributed by atoms with Gasteiger partial charge < -0.3 is 64.9 Å². The highest BCUT2D eigenvalue weighted by Gasteiger charge is 2.58. The van der Waals surface area contributed by atoms with Crippen molar-refractivity contribution in [1.82, 2.24) is 0 Å². The van der Waals surface area contributed by atoms with Crippen molar-refractivity contribution < 1.29 is 64.9 Å². The summed E-state index contributed by atoms with van der Waals surface area (Å²) < 4.78 is 20.9. The van der Waals surface area contributed by atoms with Gasteiger partial charge in [-0.25, -0.2) is 0 Å². The lowest BCUT2D eigenvalue weighted by molar-refractivity contribution is -0.385. The van der Waals surface area contributed by atoms with Crippen molar-refractivity contribution in [1.29, 1.82) is 0 Å². The number of aliphatic hydroxyl groups is 9. The second-order valence-corrected chi connectivity index (χ2v) is 7.25. The minimum atomic E-state index is -2.28. The van der Waals surface area contributed by atoms with Gasteiger partial charge in [0, 0.05) is 6.42 Å². The van der Waals surface area contributed by atoms with E-state index in [1.165, 1.54) is 6.92 Å². The van der Waals surface area contributed by atoms with Crippen molar-refractivity contribution in [3.05, 3.63) is 0 Å². The molecule has 0 aromatic carbocycles. The number of ether oxygens (including phenoxy) is 4. The Morgan fingerprint density at radius 1 is 0.931 bits per heavy atom. The fourth-order valence-corrected chi connectivity index (χ4v) is 3.18. The number of rotatable bonds is 9. The Hall–Kier alpha value is -0.520. The van der Waals surface area contributed by atoms with Crippen LogP contribution in [0.3, 0.4) is 0 Å². The summed E-state index contributed by atoms with van der Waals surface area (Å²) in [6, 6.07) is 0. The van der Waals surface area contributed by atoms with Crippen LogP contribution in [0.5, 0.6) is 0 Å². The third kappa shape index (κ3) is 5.40. The number of aliphatic hydroxyl groups excluding tert-OH is 9. The molecule has 2 saturated heterocycles. The van der Waals surface area contributed by atoms with E-state index in [1.54, 1.807) is 0 Å². The second kappa shape index (κ2) is 10.2. The van der Waals surface area contributed by atoms with Gasteiger partial charge in [0.25, 0.3) is 0 Å². The van der Waals surface area contributed by atoms with E-state index in [4.69, 9.17) is 18.9 Å². The molecule has 0 aliphatic carbocycles. The van der Waals surface area contributed by atoms with Crippen LogP contribution in [0, 0.1) is 0 Å². The summed E-state index contributed by atoms with van der Waals surface area (Å²) >= 11 is 0. The van der Waals surface area contributed by atoms with E-state index >= 15 is 0 Å². The zero-order valence-corrected chi connectivity index (χ0v) is 15.8. The molecule has 0 aromatic heterocycles. The van der Waals surface area contributed by atoms with Gasteiger partial charge in [0.1, 0.15) is 49.3 Å². The van der Waals surface area contributed by atoms with Crippen molar-refractivity contribution >= 4 is 0 Å². The third-order valence-electron chi connectivity index (χ3n) is 4.89. The van der Waals surface area contributed by atoms with E-state index < -0.39 is 87.0 Å². The third-order valence-corrected chi connectivity index (χ3v) is 4.89. The highest BCUT2D eigenvalue weighted by molar-refractivity contribution is 4.98. The quantitative estimate of drug-likeness (QED) is 0.156. The molecule has 172 valence electrons. The zero-order chi connectivity index (χ0) is 21.9. The van der Waals surface area contributed by atoms with Gasteiger partial charge >= 0.3 is 0 Å². The first kappa shape index (κ1) is 24.7. The van der Waals surface area contributed by atoms with Crippen molar-refractivity contribution in [2.24, 2.45) is 0 Å². The molecule has 2 fully saturated rings. The van der Waals surface area contributed by atoms with E-state index in [9.17, 15) is 46.0 Å². The predicted octanol–water partition coefficient (Wildman–Crippen LogP) is -5.28. The molecule has 2 heterocycles. The molecule has 13 heteroatoms. The molecule has 0 radical (unpaired) electrons. The van der Waals surface area contributed by atoms with E-state index in [0.29, 0.717) is 0 Å². The molecule has 9 N–H and O–H groups in total. The molecule has 0 amide bonds. The number of hydrogen-bond donors (Lipinski definition) is 9. The average molecular weight is 430 g/mol. The molecule has 0 aromatic rings. The largest absolute Gasteiger partial charge is 0.394 e. The van der Waals surface area contributed by atoms with Crippen LogP contribution < -0.4 is 0 Å². The molecule has 13 nitrogen and oxygen atoms in total. The minimum absolute atomic E-state index is 0.123. The van der Waals surface area contributed by atoms with E-state index in [0.717, 1.165) is 0 Å². The Kier molecular flexibility index (Phi) is 8.70. The monoisotopic (exact) mass is 430 g/mol. The first-order chi connectivity index (χ1) is 13.6. The van der Waals surface area contributed by atoms with Crippen molar-refractivity contribution in [2.45, 2.75) is 80.5 Å². The van der Waals surface area contributed by atoms with Gasteiger partial charge in [-0.15, -0.1) is 0 Å². The van der Waals surface area contributed by atoms with Crippen molar-refractivity contribution in [3.8, 4) is 0 Å². The van der Waals surface area contributed by atoms with Crippen molar-refractivity contribution in [3.63, 3.8) is 0 Å². The Morgan fingerprint density at radius 2 is 1.59 bits per heavy atom. The molecule has 2 aliphatic rings. The summed E-state index contributed by atoms with van der Waals surface area (Å²) in [5.41, 5.74) is 0. The molecule has 0 saturated carbocycles. The summed E-state index contributed by atoms with van der Waals surface area (Å²) in [5, 5.41) is 88.1. The zero-order valence-electron chi connectivity index (χ0n) is 15.8. The minimum Gasteiger partial charge on any atom is -0.394 e. The van der Waals surface area contributed by atoms with Crippen LogP contribution in [0.15, 0.2) is 0 Å². The Bertz CT molecular complexity index is 507. The fraction of sp³-hybridized carbons (Fsp3) is 1.00. The molecule has 0 spiro atoms. The molecule has 0 bridgehead atoms. The Morgan fingerprint density at radius 3 is 2.10 bits per heavy atom. The summed E-state index contributed by atoms with van der Waals surface area (Å²) in [4.78, 5) is 0. The van der Waals surface area contributed by atoms with Crippen LogP contribution in [0.1, 0.15) is 13.3 Å². The van der Waals surface area contributed by atoms with Crippen LogP contribution in [0.25, 0.3) is 0 Å². The Balaban J connectivity index is 2.08. The SMILES string of the molecule is CC(O)CC(O)OC[C@H]1O[C@H](O[C@]2(CO)O[C@H](CO)[C@@H](O)[C@@H]2O)[C@H](O)[C@@H](O)[C@@H]1O. The molecule has 11 atom stereocenters. The summed E-state index contributed by atoms with van der Waals surface area (Å²) in [6.07, 6.45) is -15.4. The lowest BCUT2D eigenvalue weighted by Crippen LogP contribution is -2.63. The maximum Gasteiger partial charge on any atom is 0.224 e. The van der Waals surface area contributed by atoms with Gasteiger partial charge in [-0.3, -0.25) is 0 Å². The second-order valence-electron chi connectivity index (χ2n) is 7.25. The topological polar surface area (TPSA) is 219 Å². The highest BCUT2D eigenvalue weighted by Crippen LogP contribution is 2.36. The van der Waals surface area contributed by atoms with Crippen LogP contribution in [0.2, 0.25) is 0 Å². The lowest BCUT2D eigenvalue weighted by atomic mass is 9.99. The van der Waals surface area contributed by atoms with Crippen LogP contribution in [-0.2, 0) is 18.9 Å². The van der Waals surface area contributed by atoms with Gasteiger partial charge in [0.2, 0.25) is 5.79 Å². The normalized spacial score (nSPS) is 45.3. The molecule has 2 unspecified atom stereocenters. The molecular formula is C16H30O13. The smallest absolute Gasteiger partial charge is 0.224 e.